The molecule has 1 heterocycles. The number of aliphatic hydroxyl groups excluding tert-OH is 1. The number of rotatable bonds is 1. The molecule has 0 saturated heterocycles. The van der Waals surface area contributed by atoms with Gasteiger partial charge < -0.3 is 9.52 Å². The van der Waals surface area contributed by atoms with Crippen molar-refractivity contribution in [2.24, 2.45) is 0 Å². The van der Waals surface area contributed by atoms with Gasteiger partial charge in [0.15, 0.2) is 0 Å². The topological polar surface area (TPSA) is 50.4 Å². The highest BCUT2D eigenvalue weighted by atomic mass is 35.5. The summed E-state index contributed by atoms with van der Waals surface area (Å²) in [4.78, 5) is 11.2. The van der Waals surface area contributed by atoms with Crippen LogP contribution in [0.4, 0.5) is 0 Å². The normalized spacial score (nSPS) is 10.7. The monoisotopic (exact) mass is 210 g/mol. The summed E-state index contributed by atoms with van der Waals surface area (Å²) in [6.45, 7) is -0.319. The lowest BCUT2D eigenvalue weighted by molar-refractivity contribution is 0.276. The van der Waals surface area contributed by atoms with E-state index in [0.717, 1.165) is 5.39 Å². The Morgan fingerprint density at radius 3 is 2.86 bits per heavy atom. The number of benzene rings is 1. The maximum atomic E-state index is 11.2. The molecular weight excluding hydrogens is 204 g/mol. The van der Waals surface area contributed by atoms with E-state index in [1.54, 1.807) is 24.3 Å². The molecule has 1 N–H and O–H groups in total. The Labute approximate surface area is 84.5 Å². The number of hydrogen-bond acceptors (Lipinski definition) is 3. The quantitative estimate of drug-likeness (QED) is 0.732. The van der Waals surface area contributed by atoms with E-state index in [0.29, 0.717) is 10.6 Å². The maximum absolute atomic E-state index is 11.2. The SMILES string of the molecule is O=c1oc2cc(Cl)ccc2cc1CO. The summed E-state index contributed by atoms with van der Waals surface area (Å²) in [6, 6.07) is 6.60. The van der Waals surface area contributed by atoms with Crippen molar-refractivity contribution in [1.29, 1.82) is 0 Å². The number of halogens is 1. The zero-order valence-corrected chi connectivity index (χ0v) is 7.91. The summed E-state index contributed by atoms with van der Waals surface area (Å²) in [5.41, 5.74) is 0.154. The van der Waals surface area contributed by atoms with Crippen LogP contribution in [0.5, 0.6) is 0 Å². The molecule has 0 bridgehead atoms. The lowest BCUT2D eigenvalue weighted by Gasteiger charge is -1.99. The molecule has 0 aliphatic carbocycles. The van der Waals surface area contributed by atoms with E-state index in [9.17, 15) is 4.79 Å². The average molecular weight is 211 g/mol. The molecule has 14 heavy (non-hydrogen) atoms. The van der Waals surface area contributed by atoms with Gasteiger partial charge >= 0.3 is 5.63 Å². The van der Waals surface area contributed by atoms with Gasteiger partial charge in [-0.15, -0.1) is 0 Å². The van der Waals surface area contributed by atoms with Crippen molar-refractivity contribution < 1.29 is 9.52 Å². The fraction of sp³-hybridized carbons (Fsp3) is 0.100. The third-order valence-electron chi connectivity index (χ3n) is 1.94. The number of fused-ring (bicyclic) bond motifs is 1. The van der Waals surface area contributed by atoms with E-state index in [4.69, 9.17) is 21.1 Å². The van der Waals surface area contributed by atoms with Gasteiger partial charge in [-0.25, -0.2) is 4.79 Å². The fourth-order valence-corrected chi connectivity index (χ4v) is 1.40. The molecule has 0 aliphatic rings. The first-order valence-corrected chi connectivity index (χ1v) is 4.41. The third-order valence-corrected chi connectivity index (χ3v) is 2.18. The van der Waals surface area contributed by atoms with E-state index in [2.05, 4.69) is 0 Å². The van der Waals surface area contributed by atoms with Gasteiger partial charge in [0.2, 0.25) is 0 Å². The molecule has 0 fully saturated rings. The van der Waals surface area contributed by atoms with Gasteiger partial charge in [0, 0.05) is 16.5 Å². The minimum absolute atomic E-state index is 0.250. The maximum Gasteiger partial charge on any atom is 0.341 e. The van der Waals surface area contributed by atoms with Gasteiger partial charge in [-0.3, -0.25) is 0 Å². The molecule has 1 aromatic carbocycles. The van der Waals surface area contributed by atoms with Crippen LogP contribution in [0.25, 0.3) is 11.0 Å². The van der Waals surface area contributed by atoms with Crippen LogP contribution in [0, 0.1) is 0 Å². The molecule has 0 saturated carbocycles. The summed E-state index contributed by atoms with van der Waals surface area (Å²) in [5.74, 6) is 0. The van der Waals surface area contributed by atoms with Crippen LogP contribution in [0.2, 0.25) is 5.02 Å². The van der Waals surface area contributed by atoms with Crippen molar-refractivity contribution in [3.05, 3.63) is 45.3 Å². The van der Waals surface area contributed by atoms with Crippen molar-refractivity contribution in [1.82, 2.24) is 0 Å². The first-order chi connectivity index (χ1) is 6.70. The predicted octanol–water partition coefficient (Wildman–Crippen LogP) is 1.94. The van der Waals surface area contributed by atoms with Crippen molar-refractivity contribution in [3.63, 3.8) is 0 Å². The highest BCUT2D eigenvalue weighted by Gasteiger charge is 2.03. The van der Waals surface area contributed by atoms with Gasteiger partial charge in [-0.2, -0.15) is 0 Å². The van der Waals surface area contributed by atoms with Crippen LogP contribution in [-0.4, -0.2) is 5.11 Å². The third kappa shape index (κ3) is 1.52. The first-order valence-electron chi connectivity index (χ1n) is 4.04. The Morgan fingerprint density at radius 1 is 1.36 bits per heavy atom. The molecular formula is C10H7ClO3. The van der Waals surface area contributed by atoms with Crippen molar-refractivity contribution in [2.45, 2.75) is 6.61 Å². The Kier molecular flexibility index (Phi) is 2.27. The Bertz CT molecular complexity index is 530. The second-order valence-electron chi connectivity index (χ2n) is 2.90. The van der Waals surface area contributed by atoms with Crippen LogP contribution in [-0.2, 0) is 6.61 Å². The second kappa shape index (κ2) is 3.44. The predicted molar refractivity (Wildman–Crippen MR) is 53.4 cm³/mol. The van der Waals surface area contributed by atoms with Crippen molar-refractivity contribution in [3.8, 4) is 0 Å². The molecule has 4 heteroatoms. The summed E-state index contributed by atoms with van der Waals surface area (Å²) in [5, 5.41) is 10.1. The smallest absolute Gasteiger partial charge is 0.341 e. The summed E-state index contributed by atoms with van der Waals surface area (Å²) in [6.07, 6.45) is 0. The zero-order valence-electron chi connectivity index (χ0n) is 7.16. The molecule has 0 unspecified atom stereocenters. The van der Waals surface area contributed by atoms with Crippen LogP contribution in [0.1, 0.15) is 5.56 Å². The molecule has 0 atom stereocenters. The first kappa shape index (κ1) is 9.24. The van der Waals surface area contributed by atoms with Crippen LogP contribution < -0.4 is 5.63 Å². The van der Waals surface area contributed by atoms with Gasteiger partial charge in [-0.05, 0) is 18.2 Å². The number of aliphatic hydroxyl groups is 1. The average Bonchev–Trinajstić information content (AvgIpc) is 2.16. The van der Waals surface area contributed by atoms with Crippen LogP contribution >= 0.6 is 11.6 Å². The molecule has 72 valence electrons. The van der Waals surface area contributed by atoms with Gasteiger partial charge in [-0.1, -0.05) is 11.6 Å². The van der Waals surface area contributed by atoms with Crippen LogP contribution in [0.3, 0.4) is 0 Å². The minimum Gasteiger partial charge on any atom is -0.422 e. The molecule has 2 rings (SSSR count). The van der Waals surface area contributed by atoms with E-state index < -0.39 is 5.63 Å². The fourth-order valence-electron chi connectivity index (χ4n) is 1.24. The Balaban J connectivity index is 2.79. The summed E-state index contributed by atoms with van der Waals surface area (Å²) < 4.78 is 4.96. The highest BCUT2D eigenvalue weighted by Crippen LogP contribution is 2.18. The molecule has 0 radical (unpaired) electrons. The second-order valence-corrected chi connectivity index (χ2v) is 3.34. The largest absolute Gasteiger partial charge is 0.422 e. The zero-order chi connectivity index (χ0) is 10.1. The Morgan fingerprint density at radius 2 is 2.14 bits per heavy atom. The standard InChI is InChI=1S/C10H7ClO3/c11-8-2-1-6-3-7(5-12)10(13)14-9(6)4-8/h1-4,12H,5H2. The van der Waals surface area contributed by atoms with E-state index >= 15 is 0 Å². The molecule has 1 aromatic heterocycles. The molecule has 0 spiro atoms. The lowest BCUT2D eigenvalue weighted by atomic mass is 10.2. The van der Waals surface area contributed by atoms with E-state index in [-0.39, 0.29) is 12.2 Å². The lowest BCUT2D eigenvalue weighted by Crippen LogP contribution is -2.06. The summed E-state index contributed by atoms with van der Waals surface area (Å²) in [7, 11) is 0. The Hall–Kier alpha value is -1.32. The van der Waals surface area contributed by atoms with E-state index in [1.807, 2.05) is 0 Å². The minimum atomic E-state index is -0.526. The van der Waals surface area contributed by atoms with Gasteiger partial charge in [0.1, 0.15) is 5.58 Å². The number of hydrogen-bond donors (Lipinski definition) is 1. The molecule has 0 aliphatic heterocycles. The van der Waals surface area contributed by atoms with Crippen molar-refractivity contribution >= 4 is 22.6 Å². The molecule has 0 amide bonds. The van der Waals surface area contributed by atoms with Gasteiger partial charge in [0.05, 0.1) is 12.2 Å². The van der Waals surface area contributed by atoms with Crippen LogP contribution in [0.15, 0.2) is 33.5 Å². The summed E-state index contributed by atoms with van der Waals surface area (Å²) >= 11 is 5.73. The highest BCUT2D eigenvalue weighted by molar-refractivity contribution is 6.31. The molecule has 2 aromatic rings. The van der Waals surface area contributed by atoms with Crippen molar-refractivity contribution in [2.75, 3.05) is 0 Å². The molecule has 3 nitrogen and oxygen atoms in total. The van der Waals surface area contributed by atoms with Gasteiger partial charge in [0.25, 0.3) is 0 Å². The van der Waals surface area contributed by atoms with E-state index in [1.165, 1.54) is 0 Å².